The van der Waals surface area contributed by atoms with Crippen LogP contribution in [0.25, 0.3) is 10.9 Å². The first-order chi connectivity index (χ1) is 9.72. The van der Waals surface area contributed by atoms with E-state index in [1.54, 1.807) is 0 Å². The molecule has 108 valence electrons. The molecule has 1 N–H and O–H groups in total. The molecular formula is C16H22N2O2. The fraction of sp³-hybridized carbons (Fsp3) is 0.562. The van der Waals surface area contributed by atoms with Crippen LogP contribution in [0.1, 0.15) is 31.9 Å². The van der Waals surface area contributed by atoms with E-state index in [0.29, 0.717) is 19.4 Å². The number of hydrogen-bond acceptors (Lipinski definition) is 3. The molecule has 0 spiro atoms. The Balaban J connectivity index is 1.93. The summed E-state index contributed by atoms with van der Waals surface area (Å²) in [6.45, 7) is 4.34. The zero-order valence-electron chi connectivity index (χ0n) is 12.0. The van der Waals surface area contributed by atoms with Crippen molar-refractivity contribution in [3.05, 3.63) is 30.0 Å². The maximum Gasteiger partial charge on any atom is 0.0732 e. The van der Waals surface area contributed by atoms with Crippen molar-refractivity contribution in [3.8, 4) is 0 Å². The number of aryl methyl sites for hydroxylation is 1. The fourth-order valence-electron chi connectivity index (χ4n) is 3.05. The van der Waals surface area contributed by atoms with Gasteiger partial charge >= 0.3 is 0 Å². The van der Waals surface area contributed by atoms with Gasteiger partial charge in [-0.1, -0.05) is 18.2 Å². The van der Waals surface area contributed by atoms with Gasteiger partial charge in [0.15, 0.2) is 0 Å². The van der Waals surface area contributed by atoms with Gasteiger partial charge in [-0.2, -0.15) is 5.10 Å². The Bertz CT molecular complexity index is 583. The number of ether oxygens (including phenoxy) is 1. The van der Waals surface area contributed by atoms with Crippen molar-refractivity contribution >= 4 is 10.9 Å². The Morgan fingerprint density at radius 3 is 3.00 bits per heavy atom. The van der Waals surface area contributed by atoms with Crippen LogP contribution in [0.15, 0.2) is 24.3 Å². The van der Waals surface area contributed by atoms with Crippen molar-refractivity contribution in [1.82, 2.24) is 9.78 Å². The summed E-state index contributed by atoms with van der Waals surface area (Å²) < 4.78 is 7.47. The Kier molecular flexibility index (Phi) is 3.76. The number of aromatic nitrogens is 2. The fourth-order valence-corrected chi connectivity index (χ4v) is 3.05. The van der Waals surface area contributed by atoms with Crippen LogP contribution < -0.4 is 0 Å². The lowest BCUT2D eigenvalue weighted by atomic mass is 9.89. The van der Waals surface area contributed by atoms with E-state index in [4.69, 9.17) is 9.84 Å². The third-order valence-electron chi connectivity index (χ3n) is 4.17. The number of hydrogen-bond donors (Lipinski definition) is 1. The van der Waals surface area contributed by atoms with Gasteiger partial charge in [-0.15, -0.1) is 0 Å². The van der Waals surface area contributed by atoms with Crippen LogP contribution >= 0.6 is 0 Å². The monoisotopic (exact) mass is 274 g/mol. The predicted octanol–water partition coefficient (Wildman–Crippen LogP) is 2.53. The summed E-state index contributed by atoms with van der Waals surface area (Å²) in [5.74, 6) is 0. The Hall–Kier alpha value is -1.39. The van der Waals surface area contributed by atoms with E-state index in [2.05, 4.69) is 19.1 Å². The minimum absolute atomic E-state index is 0.615. The molecule has 0 saturated carbocycles. The number of nitrogens with zero attached hydrogens (tertiary/aromatic N) is 2. The molecule has 0 aliphatic carbocycles. The lowest BCUT2D eigenvalue weighted by Crippen LogP contribution is -2.32. The van der Waals surface area contributed by atoms with Gasteiger partial charge in [-0.3, -0.25) is 4.68 Å². The van der Waals surface area contributed by atoms with Crippen molar-refractivity contribution in [2.75, 3.05) is 13.2 Å². The zero-order chi connectivity index (χ0) is 14.0. The normalized spacial score (nSPS) is 23.9. The van der Waals surface area contributed by atoms with E-state index < -0.39 is 5.60 Å². The maximum absolute atomic E-state index is 10.8. The minimum atomic E-state index is -0.674. The van der Waals surface area contributed by atoms with Crippen molar-refractivity contribution in [3.63, 3.8) is 0 Å². The zero-order valence-corrected chi connectivity index (χ0v) is 12.0. The van der Waals surface area contributed by atoms with Crippen LogP contribution in [0, 0.1) is 0 Å². The molecule has 2 aromatic rings. The summed E-state index contributed by atoms with van der Waals surface area (Å²) in [7, 11) is 0. The number of aliphatic hydroxyl groups is 1. The van der Waals surface area contributed by atoms with E-state index in [0.717, 1.165) is 42.6 Å². The van der Waals surface area contributed by atoms with Gasteiger partial charge in [0.1, 0.15) is 0 Å². The summed E-state index contributed by atoms with van der Waals surface area (Å²) in [4.78, 5) is 0. The van der Waals surface area contributed by atoms with Crippen LogP contribution in [-0.4, -0.2) is 33.7 Å². The second-order valence-corrected chi connectivity index (χ2v) is 5.65. The highest BCUT2D eigenvalue weighted by atomic mass is 16.5. The second-order valence-electron chi connectivity index (χ2n) is 5.65. The molecule has 1 aliphatic rings. The van der Waals surface area contributed by atoms with Crippen LogP contribution in [0.5, 0.6) is 0 Å². The van der Waals surface area contributed by atoms with E-state index in [-0.39, 0.29) is 0 Å². The predicted molar refractivity (Wildman–Crippen MR) is 78.7 cm³/mol. The van der Waals surface area contributed by atoms with Gasteiger partial charge in [0, 0.05) is 31.6 Å². The first-order valence-corrected chi connectivity index (χ1v) is 7.46. The van der Waals surface area contributed by atoms with E-state index >= 15 is 0 Å². The van der Waals surface area contributed by atoms with Gasteiger partial charge < -0.3 is 9.84 Å². The van der Waals surface area contributed by atoms with E-state index in [9.17, 15) is 5.11 Å². The molecule has 0 bridgehead atoms. The van der Waals surface area contributed by atoms with Crippen molar-refractivity contribution in [2.45, 2.75) is 44.8 Å². The quantitative estimate of drug-likeness (QED) is 0.935. The van der Waals surface area contributed by atoms with Crippen molar-refractivity contribution < 1.29 is 9.84 Å². The number of fused-ring (bicyclic) bond motifs is 1. The second kappa shape index (κ2) is 5.54. The Morgan fingerprint density at radius 2 is 2.15 bits per heavy atom. The topological polar surface area (TPSA) is 47.3 Å². The summed E-state index contributed by atoms with van der Waals surface area (Å²) in [6, 6.07) is 8.26. The third-order valence-corrected chi connectivity index (χ3v) is 4.17. The molecule has 2 heterocycles. The lowest BCUT2D eigenvalue weighted by molar-refractivity contribution is 0.0182. The summed E-state index contributed by atoms with van der Waals surface area (Å²) in [5.41, 5.74) is 1.48. The third kappa shape index (κ3) is 2.58. The smallest absolute Gasteiger partial charge is 0.0732 e. The molecule has 4 nitrogen and oxygen atoms in total. The van der Waals surface area contributed by atoms with E-state index in [1.165, 1.54) is 0 Å². The lowest BCUT2D eigenvalue weighted by Gasteiger charge is -2.25. The SMILES string of the molecule is CCn1nc(CC2(O)CCCOCC2)c2ccccc21. The largest absolute Gasteiger partial charge is 0.389 e. The van der Waals surface area contributed by atoms with Gasteiger partial charge in [0.2, 0.25) is 0 Å². The minimum Gasteiger partial charge on any atom is -0.389 e. The molecule has 0 radical (unpaired) electrons. The first-order valence-electron chi connectivity index (χ1n) is 7.46. The molecular weight excluding hydrogens is 252 g/mol. The van der Waals surface area contributed by atoms with Crippen LogP contribution in [0.2, 0.25) is 0 Å². The molecule has 4 heteroatoms. The van der Waals surface area contributed by atoms with Gasteiger partial charge in [-0.25, -0.2) is 0 Å². The highest BCUT2D eigenvalue weighted by molar-refractivity contribution is 5.82. The van der Waals surface area contributed by atoms with Crippen LogP contribution in [-0.2, 0) is 17.7 Å². The standard InChI is InChI=1S/C16H22N2O2/c1-2-18-15-7-4-3-6-13(15)14(17-18)12-16(19)8-5-10-20-11-9-16/h3-4,6-7,19H,2,5,8-12H2,1H3. The Labute approximate surface area is 119 Å². The molecule has 1 unspecified atom stereocenters. The molecule has 0 amide bonds. The first kappa shape index (κ1) is 13.6. The highest BCUT2D eigenvalue weighted by Gasteiger charge is 2.30. The van der Waals surface area contributed by atoms with Crippen molar-refractivity contribution in [2.24, 2.45) is 0 Å². The summed E-state index contributed by atoms with van der Waals surface area (Å²) in [5, 5.41) is 16.7. The molecule has 1 aromatic heterocycles. The molecule has 3 rings (SSSR count). The number of benzene rings is 1. The van der Waals surface area contributed by atoms with Gasteiger partial charge in [0.25, 0.3) is 0 Å². The molecule has 1 fully saturated rings. The summed E-state index contributed by atoms with van der Waals surface area (Å²) >= 11 is 0. The molecule has 1 saturated heterocycles. The van der Waals surface area contributed by atoms with Gasteiger partial charge in [-0.05, 0) is 32.3 Å². The maximum atomic E-state index is 10.8. The average molecular weight is 274 g/mol. The molecule has 20 heavy (non-hydrogen) atoms. The van der Waals surface area contributed by atoms with Crippen LogP contribution in [0.3, 0.4) is 0 Å². The average Bonchev–Trinajstić information content (AvgIpc) is 2.65. The number of para-hydroxylation sites is 1. The molecule has 1 aromatic carbocycles. The van der Waals surface area contributed by atoms with Crippen molar-refractivity contribution in [1.29, 1.82) is 0 Å². The highest BCUT2D eigenvalue weighted by Crippen LogP contribution is 2.28. The van der Waals surface area contributed by atoms with Crippen LogP contribution in [0.4, 0.5) is 0 Å². The summed E-state index contributed by atoms with van der Waals surface area (Å²) in [6.07, 6.45) is 3.02. The molecule has 1 aliphatic heterocycles. The molecule has 1 atom stereocenters. The Morgan fingerprint density at radius 1 is 1.30 bits per heavy atom. The van der Waals surface area contributed by atoms with E-state index in [1.807, 2.05) is 16.8 Å². The van der Waals surface area contributed by atoms with Gasteiger partial charge in [0.05, 0.1) is 16.8 Å². The number of rotatable bonds is 3.